The van der Waals surface area contributed by atoms with E-state index in [-0.39, 0.29) is 34.1 Å². The van der Waals surface area contributed by atoms with E-state index in [1.165, 1.54) is 17.0 Å². The first kappa shape index (κ1) is 28.6. The van der Waals surface area contributed by atoms with Crippen LogP contribution in [0, 0.1) is 6.92 Å². The highest BCUT2D eigenvalue weighted by atomic mass is 35.5. The van der Waals surface area contributed by atoms with E-state index in [4.69, 9.17) is 11.6 Å². The molecule has 1 N–H and O–H groups in total. The van der Waals surface area contributed by atoms with Crippen molar-refractivity contribution in [2.75, 3.05) is 10.8 Å². The van der Waals surface area contributed by atoms with E-state index in [1.807, 2.05) is 31.2 Å². The number of rotatable bonds is 10. The van der Waals surface area contributed by atoms with Gasteiger partial charge in [0.1, 0.15) is 12.6 Å². The van der Waals surface area contributed by atoms with Crippen LogP contribution in [0.4, 0.5) is 5.69 Å². The van der Waals surface area contributed by atoms with E-state index >= 15 is 0 Å². The average Bonchev–Trinajstić information content (AvgIpc) is 3.45. The number of benzene rings is 3. The summed E-state index contributed by atoms with van der Waals surface area (Å²) in [4.78, 5) is 28.7. The van der Waals surface area contributed by atoms with Crippen molar-refractivity contribution in [3.8, 4) is 0 Å². The van der Waals surface area contributed by atoms with Crippen LogP contribution in [-0.2, 0) is 26.2 Å². The molecular weight excluding hydrogens is 534 g/mol. The summed E-state index contributed by atoms with van der Waals surface area (Å²) in [5.74, 6) is -0.762. The summed E-state index contributed by atoms with van der Waals surface area (Å²) in [6.07, 6.45) is 3.96. The third-order valence-electron chi connectivity index (χ3n) is 7.07. The molecule has 4 rings (SSSR count). The Bertz CT molecular complexity index is 1390. The maximum atomic E-state index is 14.0. The van der Waals surface area contributed by atoms with Crippen LogP contribution in [-0.4, -0.2) is 43.8 Å². The van der Waals surface area contributed by atoms with E-state index < -0.39 is 28.5 Å². The zero-order chi connectivity index (χ0) is 28.0. The second-order valence-electron chi connectivity index (χ2n) is 9.95. The molecule has 0 aromatic heterocycles. The first-order chi connectivity index (χ1) is 18.7. The molecule has 0 bridgehead atoms. The summed E-state index contributed by atoms with van der Waals surface area (Å²) in [6, 6.07) is 21.4. The monoisotopic (exact) mass is 567 g/mol. The Kier molecular flexibility index (Phi) is 9.30. The van der Waals surface area contributed by atoms with Crippen molar-refractivity contribution in [1.29, 1.82) is 0 Å². The standard InChI is InChI=1S/C30H34ClN3O4S/c1-22-16-18-24(19-17-22)20-33(23(2)30(36)32-25-10-6-7-11-25)29(35)21-34(28-15-9-8-14-27(28)31)39(37,38)26-12-4-3-5-13-26/h3-5,8-9,12-19,23,25H,6-7,10-11,20-21H2,1-2H3,(H,32,36). The zero-order valence-corrected chi connectivity index (χ0v) is 23.8. The molecule has 1 saturated carbocycles. The second kappa shape index (κ2) is 12.7. The third-order valence-corrected chi connectivity index (χ3v) is 9.17. The SMILES string of the molecule is Cc1ccc(CN(C(=O)CN(c2ccccc2Cl)S(=O)(=O)c2ccccc2)C(C)C(=O)NC2CCCC2)cc1. The van der Waals surface area contributed by atoms with Gasteiger partial charge >= 0.3 is 0 Å². The number of nitrogens with zero attached hydrogens (tertiary/aromatic N) is 2. The Balaban J connectivity index is 1.68. The van der Waals surface area contributed by atoms with Crippen LogP contribution in [0.25, 0.3) is 0 Å². The summed E-state index contributed by atoms with van der Waals surface area (Å²) >= 11 is 6.43. The molecule has 3 aromatic carbocycles. The number of carbonyl (C=O) groups excluding carboxylic acids is 2. The maximum absolute atomic E-state index is 14.0. The number of sulfonamides is 1. The molecule has 1 atom stereocenters. The molecule has 1 unspecified atom stereocenters. The highest BCUT2D eigenvalue weighted by molar-refractivity contribution is 7.92. The molecule has 0 spiro atoms. The Morgan fingerprint density at radius 3 is 2.21 bits per heavy atom. The van der Waals surface area contributed by atoms with Gasteiger partial charge in [-0.2, -0.15) is 0 Å². The lowest BCUT2D eigenvalue weighted by Crippen LogP contribution is -2.52. The summed E-state index contributed by atoms with van der Waals surface area (Å²) in [5, 5.41) is 3.27. The minimum absolute atomic E-state index is 0.0369. The Morgan fingerprint density at radius 2 is 1.56 bits per heavy atom. The van der Waals surface area contributed by atoms with E-state index in [2.05, 4.69) is 5.32 Å². The minimum Gasteiger partial charge on any atom is -0.352 e. The maximum Gasteiger partial charge on any atom is 0.264 e. The van der Waals surface area contributed by atoms with Crippen molar-refractivity contribution in [3.63, 3.8) is 0 Å². The highest BCUT2D eigenvalue weighted by Gasteiger charge is 2.34. The molecule has 1 aliphatic carbocycles. The normalized spacial score (nSPS) is 14.5. The highest BCUT2D eigenvalue weighted by Crippen LogP contribution is 2.30. The zero-order valence-electron chi connectivity index (χ0n) is 22.2. The molecule has 39 heavy (non-hydrogen) atoms. The van der Waals surface area contributed by atoms with Crippen LogP contribution < -0.4 is 9.62 Å². The Labute approximate surface area is 235 Å². The lowest BCUT2D eigenvalue weighted by Gasteiger charge is -2.32. The quantitative estimate of drug-likeness (QED) is 0.359. The minimum atomic E-state index is -4.15. The smallest absolute Gasteiger partial charge is 0.264 e. The van der Waals surface area contributed by atoms with Gasteiger partial charge in [-0.3, -0.25) is 13.9 Å². The number of para-hydroxylation sites is 1. The molecule has 3 aromatic rings. The van der Waals surface area contributed by atoms with Gasteiger partial charge in [0.05, 0.1) is 15.6 Å². The van der Waals surface area contributed by atoms with Crippen LogP contribution in [0.3, 0.4) is 0 Å². The van der Waals surface area contributed by atoms with Gasteiger partial charge in [-0.05, 0) is 56.5 Å². The van der Waals surface area contributed by atoms with E-state index in [0.29, 0.717) is 0 Å². The fourth-order valence-electron chi connectivity index (χ4n) is 4.75. The first-order valence-corrected chi connectivity index (χ1v) is 15.0. The predicted molar refractivity (Wildman–Crippen MR) is 154 cm³/mol. The largest absolute Gasteiger partial charge is 0.352 e. The van der Waals surface area contributed by atoms with Gasteiger partial charge in [-0.1, -0.05) is 84.6 Å². The van der Waals surface area contributed by atoms with Crippen LogP contribution in [0.5, 0.6) is 0 Å². The molecule has 1 fully saturated rings. The van der Waals surface area contributed by atoms with Crippen molar-refractivity contribution >= 4 is 39.1 Å². The number of aryl methyl sites for hydroxylation is 1. The van der Waals surface area contributed by atoms with Crippen molar-refractivity contribution in [2.45, 2.75) is 63.1 Å². The second-order valence-corrected chi connectivity index (χ2v) is 12.2. The van der Waals surface area contributed by atoms with Crippen LogP contribution >= 0.6 is 11.6 Å². The topological polar surface area (TPSA) is 86.8 Å². The van der Waals surface area contributed by atoms with E-state index in [0.717, 1.165) is 41.1 Å². The lowest BCUT2D eigenvalue weighted by molar-refractivity contribution is -0.139. The Hall–Kier alpha value is -3.36. The van der Waals surface area contributed by atoms with Crippen molar-refractivity contribution in [2.24, 2.45) is 0 Å². The number of carbonyl (C=O) groups is 2. The number of hydrogen-bond donors (Lipinski definition) is 1. The molecule has 7 nitrogen and oxygen atoms in total. The van der Waals surface area contributed by atoms with Gasteiger partial charge < -0.3 is 10.2 Å². The van der Waals surface area contributed by atoms with Gasteiger partial charge in [0.15, 0.2) is 0 Å². The number of anilines is 1. The van der Waals surface area contributed by atoms with Crippen LogP contribution in [0.15, 0.2) is 83.8 Å². The summed E-state index contributed by atoms with van der Waals surface area (Å²) in [5.41, 5.74) is 2.10. The first-order valence-electron chi connectivity index (χ1n) is 13.1. The summed E-state index contributed by atoms with van der Waals surface area (Å²) in [6.45, 7) is 3.29. The van der Waals surface area contributed by atoms with Gasteiger partial charge in [0.2, 0.25) is 11.8 Å². The van der Waals surface area contributed by atoms with E-state index in [9.17, 15) is 18.0 Å². The predicted octanol–water partition coefficient (Wildman–Crippen LogP) is 5.32. The van der Waals surface area contributed by atoms with Crippen molar-refractivity contribution in [3.05, 3.63) is 95.0 Å². The van der Waals surface area contributed by atoms with Crippen LogP contribution in [0.2, 0.25) is 5.02 Å². The molecule has 9 heteroatoms. The van der Waals surface area contributed by atoms with Gasteiger partial charge in [-0.15, -0.1) is 0 Å². The molecular formula is C30H34ClN3O4S. The third kappa shape index (κ3) is 6.99. The number of nitrogens with one attached hydrogen (secondary N) is 1. The summed E-state index contributed by atoms with van der Waals surface area (Å²) in [7, 11) is -4.15. The molecule has 1 aliphatic rings. The van der Waals surface area contributed by atoms with Crippen molar-refractivity contribution in [1.82, 2.24) is 10.2 Å². The number of amides is 2. The molecule has 2 amide bonds. The number of hydrogen-bond acceptors (Lipinski definition) is 4. The molecule has 0 radical (unpaired) electrons. The van der Waals surface area contributed by atoms with Crippen molar-refractivity contribution < 1.29 is 18.0 Å². The molecule has 0 aliphatic heterocycles. The average molecular weight is 568 g/mol. The Morgan fingerprint density at radius 1 is 0.949 bits per heavy atom. The number of halogens is 1. The molecule has 0 heterocycles. The molecule has 206 valence electrons. The van der Waals surface area contributed by atoms with Gasteiger partial charge in [-0.25, -0.2) is 8.42 Å². The van der Waals surface area contributed by atoms with E-state index in [1.54, 1.807) is 49.4 Å². The summed E-state index contributed by atoms with van der Waals surface area (Å²) < 4.78 is 28.6. The molecule has 0 saturated heterocycles. The van der Waals surface area contributed by atoms with Crippen LogP contribution in [0.1, 0.15) is 43.7 Å². The van der Waals surface area contributed by atoms with Gasteiger partial charge in [0.25, 0.3) is 10.0 Å². The lowest BCUT2D eigenvalue weighted by atomic mass is 10.1. The van der Waals surface area contributed by atoms with Gasteiger partial charge in [0, 0.05) is 12.6 Å². The fraction of sp³-hybridized carbons (Fsp3) is 0.333. The fourth-order valence-corrected chi connectivity index (χ4v) is 6.49.